The molecule has 2 aliphatic heterocycles. The van der Waals surface area contributed by atoms with Gasteiger partial charge in [-0.1, -0.05) is 12.1 Å². The molecular formula is C22H19F7N6O2. The number of cyclic esters (lactones) is 1. The first-order valence-corrected chi connectivity index (χ1v) is 11.1. The van der Waals surface area contributed by atoms with Gasteiger partial charge in [-0.05, 0) is 17.7 Å². The first-order chi connectivity index (χ1) is 17.3. The summed E-state index contributed by atoms with van der Waals surface area (Å²) in [5, 5.41) is 8.95. The number of alkyl halides is 6. The molecule has 1 amide bonds. The first-order valence-electron chi connectivity index (χ1n) is 11.1. The number of fused-ring (bicyclic) bond motifs is 1. The van der Waals surface area contributed by atoms with E-state index in [0.717, 1.165) is 0 Å². The second-order valence-electron chi connectivity index (χ2n) is 8.97. The van der Waals surface area contributed by atoms with Gasteiger partial charge in [0.2, 0.25) is 0 Å². The fourth-order valence-electron chi connectivity index (χ4n) is 4.57. The number of aromatic nitrogens is 3. The molecule has 0 bridgehead atoms. The van der Waals surface area contributed by atoms with Crippen LogP contribution in [0.5, 0.6) is 0 Å². The average molecular weight is 532 g/mol. The van der Waals surface area contributed by atoms with Crippen LogP contribution in [0.1, 0.15) is 29.4 Å². The first kappa shape index (κ1) is 25.0. The predicted octanol–water partition coefficient (Wildman–Crippen LogP) is 4.24. The number of rotatable bonds is 5. The van der Waals surface area contributed by atoms with Crippen molar-refractivity contribution in [2.45, 2.75) is 30.4 Å². The number of hydrogen-bond acceptors (Lipinski definition) is 6. The van der Waals surface area contributed by atoms with Gasteiger partial charge in [-0.3, -0.25) is 4.90 Å². The maximum Gasteiger partial charge on any atom is 0.435 e. The smallest absolute Gasteiger partial charge is 0.435 e. The number of halogens is 7. The van der Waals surface area contributed by atoms with Crippen LogP contribution < -0.4 is 10.6 Å². The monoisotopic (exact) mass is 532 g/mol. The number of alkyl carbamates (subject to hydrolysis) is 1. The topological polar surface area (TPSA) is 83.8 Å². The third-order valence-corrected chi connectivity index (χ3v) is 6.37. The standard InChI is InChI=1S/C22H19F7N6O2/c23-13-3-1-12(2-4-13)14(34-10-20(11-34)5-6-37-19(36)32-20)9-30-17-7-15(21(24,25)26)31-18-8-16(22(27,28)29)33-35(17)18/h1-4,7-8,14,30H,5-6,9-11H2,(H,32,36)/t14-/m1/s1. The lowest BCUT2D eigenvalue weighted by Gasteiger charge is -2.54. The number of amides is 1. The molecule has 2 saturated heterocycles. The normalized spacial score (nSPS) is 18.8. The Balaban J connectivity index is 1.45. The molecule has 198 valence electrons. The maximum absolute atomic E-state index is 13.5. The van der Waals surface area contributed by atoms with E-state index >= 15 is 0 Å². The van der Waals surface area contributed by atoms with Gasteiger partial charge in [-0.2, -0.15) is 36.0 Å². The molecule has 0 aliphatic carbocycles. The summed E-state index contributed by atoms with van der Waals surface area (Å²) in [6, 6.07) is 5.96. The van der Waals surface area contributed by atoms with E-state index in [0.29, 0.717) is 41.7 Å². The second kappa shape index (κ2) is 8.75. The Labute approximate surface area is 204 Å². The summed E-state index contributed by atoms with van der Waals surface area (Å²) in [5.74, 6) is -0.844. The molecule has 8 nitrogen and oxygen atoms in total. The molecule has 3 aromatic rings. The zero-order chi connectivity index (χ0) is 26.6. The van der Waals surface area contributed by atoms with Crippen LogP contribution in [0.4, 0.5) is 41.3 Å². The molecule has 15 heteroatoms. The summed E-state index contributed by atoms with van der Waals surface area (Å²) in [6.45, 7) is 0.926. The zero-order valence-corrected chi connectivity index (χ0v) is 18.8. The Morgan fingerprint density at radius 3 is 2.35 bits per heavy atom. The Morgan fingerprint density at radius 2 is 1.73 bits per heavy atom. The van der Waals surface area contributed by atoms with E-state index in [9.17, 15) is 35.5 Å². The minimum absolute atomic E-state index is 0.0657. The van der Waals surface area contributed by atoms with Crippen molar-refractivity contribution in [3.8, 4) is 0 Å². The van der Waals surface area contributed by atoms with Crippen molar-refractivity contribution in [2.75, 3.05) is 31.6 Å². The van der Waals surface area contributed by atoms with E-state index < -0.39 is 52.9 Å². The summed E-state index contributed by atoms with van der Waals surface area (Å²) in [6.07, 6.45) is -9.81. The number of nitrogens with one attached hydrogen (secondary N) is 2. The lowest BCUT2D eigenvalue weighted by atomic mass is 9.83. The molecule has 0 radical (unpaired) electrons. The van der Waals surface area contributed by atoms with E-state index in [1.54, 1.807) is 0 Å². The van der Waals surface area contributed by atoms with E-state index in [2.05, 4.69) is 20.7 Å². The summed E-state index contributed by atoms with van der Waals surface area (Å²) in [5.41, 5.74) is -3.33. The van der Waals surface area contributed by atoms with Gasteiger partial charge in [-0.15, -0.1) is 0 Å². The molecule has 0 unspecified atom stereocenters. The van der Waals surface area contributed by atoms with Crippen molar-refractivity contribution in [3.63, 3.8) is 0 Å². The Kier molecular flexibility index (Phi) is 5.92. The SMILES string of the molecule is O=C1NC2(CCO1)CN([C@H](CNc1cc(C(F)(F)F)nc3cc(C(F)(F)F)nn13)c1ccc(F)cc1)C2. The van der Waals surface area contributed by atoms with E-state index in [1.165, 1.54) is 24.3 Å². The van der Waals surface area contributed by atoms with Crippen LogP contribution in [0.15, 0.2) is 36.4 Å². The molecule has 37 heavy (non-hydrogen) atoms. The number of carbonyl (C=O) groups excluding carboxylic acids is 1. The molecule has 2 fully saturated rings. The number of ether oxygens (including phenoxy) is 1. The van der Waals surface area contributed by atoms with Gasteiger partial charge in [0.15, 0.2) is 17.0 Å². The highest BCUT2D eigenvalue weighted by Gasteiger charge is 2.49. The van der Waals surface area contributed by atoms with Crippen molar-refractivity contribution in [2.24, 2.45) is 0 Å². The number of likely N-dealkylation sites (tertiary alicyclic amines) is 1. The molecule has 2 aliphatic rings. The minimum Gasteiger partial charge on any atom is -0.449 e. The van der Waals surface area contributed by atoms with Crippen molar-refractivity contribution < 1.29 is 40.3 Å². The molecule has 1 atom stereocenters. The third-order valence-electron chi connectivity index (χ3n) is 6.37. The number of nitrogens with zero attached hydrogens (tertiary/aromatic N) is 4. The Bertz CT molecular complexity index is 1320. The Hall–Kier alpha value is -3.62. The van der Waals surface area contributed by atoms with Gasteiger partial charge in [0.05, 0.1) is 18.2 Å². The van der Waals surface area contributed by atoms with E-state index in [4.69, 9.17) is 4.74 Å². The van der Waals surface area contributed by atoms with Gasteiger partial charge in [0.25, 0.3) is 0 Å². The lowest BCUT2D eigenvalue weighted by Crippen LogP contribution is -2.72. The molecule has 1 spiro atoms. The van der Waals surface area contributed by atoms with Crippen LogP contribution in [-0.4, -0.2) is 57.4 Å². The zero-order valence-electron chi connectivity index (χ0n) is 18.8. The van der Waals surface area contributed by atoms with Crippen molar-refractivity contribution in [1.82, 2.24) is 24.8 Å². The van der Waals surface area contributed by atoms with Crippen LogP contribution in [0.3, 0.4) is 0 Å². The average Bonchev–Trinajstić information content (AvgIpc) is 3.24. The van der Waals surface area contributed by atoms with Gasteiger partial charge in [-0.25, -0.2) is 14.2 Å². The third kappa shape index (κ3) is 4.99. The summed E-state index contributed by atoms with van der Waals surface area (Å²) in [7, 11) is 0. The number of anilines is 1. The van der Waals surface area contributed by atoms with Crippen LogP contribution in [-0.2, 0) is 17.1 Å². The fourth-order valence-corrected chi connectivity index (χ4v) is 4.57. The van der Waals surface area contributed by atoms with E-state index in [1.807, 2.05) is 4.90 Å². The lowest BCUT2D eigenvalue weighted by molar-refractivity contribution is -0.142. The van der Waals surface area contributed by atoms with Crippen molar-refractivity contribution >= 4 is 17.6 Å². The van der Waals surface area contributed by atoms with Crippen molar-refractivity contribution in [3.05, 3.63) is 59.2 Å². The van der Waals surface area contributed by atoms with Crippen LogP contribution in [0, 0.1) is 5.82 Å². The van der Waals surface area contributed by atoms with Crippen LogP contribution in [0.2, 0.25) is 0 Å². The highest BCUT2D eigenvalue weighted by atomic mass is 19.4. The summed E-state index contributed by atoms with van der Waals surface area (Å²) in [4.78, 5) is 16.9. The van der Waals surface area contributed by atoms with Gasteiger partial charge < -0.3 is 15.4 Å². The minimum atomic E-state index is -4.91. The van der Waals surface area contributed by atoms with Gasteiger partial charge in [0, 0.05) is 38.2 Å². The molecule has 2 aromatic heterocycles. The number of hydrogen-bond donors (Lipinski definition) is 2. The fraction of sp³-hybridized carbons (Fsp3) is 0.409. The van der Waals surface area contributed by atoms with E-state index in [-0.39, 0.29) is 19.0 Å². The predicted molar refractivity (Wildman–Crippen MR) is 114 cm³/mol. The highest BCUT2D eigenvalue weighted by Crippen LogP contribution is 2.36. The summed E-state index contributed by atoms with van der Waals surface area (Å²) < 4.78 is 99.0. The Morgan fingerprint density at radius 1 is 1.05 bits per heavy atom. The highest BCUT2D eigenvalue weighted by molar-refractivity contribution is 5.69. The van der Waals surface area contributed by atoms with Crippen LogP contribution >= 0.6 is 0 Å². The maximum atomic E-state index is 13.5. The van der Waals surface area contributed by atoms with Crippen LogP contribution in [0.25, 0.3) is 5.65 Å². The second-order valence-corrected chi connectivity index (χ2v) is 8.97. The number of carbonyl (C=O) groups is 1. The molecule has 2 N–H and O–H groups in total. The van der Waals surface area contributed by atoms with Crippen molar-refractivity contribution in [1.29, 1.82) is 0 Å². The molecular weight excluding hydrogens is 513 g/mol. The number of benzene rings is 1. The summed E-state index contributed by atoms with van der Waals surface area (Å²) >= 11 is 0. The molecule has 5 rings (SSSR count). The quantitative estimate of drug-likeness (QED) is 0.479. The molecule has 4 heterocycles. The largest absolute Gasteiger partial charge is 0.449 e. The molecule has 1 aromatic carbocycles. The van der Waals surface area contributed by atoms with Gasteiger partial charge >= 0.3 is 18.4 Å². The molecule has 0 saturated carbocycles. The van der Waals surface area contributed by atoms with Gasteiger partial charge in [0.1, 0.15) is 11.6 Å².